The molecular formula is C15H28. The van der Waals surface area contributed by atoms with Crippen LogP contribution in [0.5, 0.6) is 0 Å². The number of rotatable bonds is 0. The zero-order chi connectivity index (χ0) is 11.7. The van der Waals surface area contributed by atoms with Crippen LogP contribution in [0.15, 0.2) is 23.3 Å². The van der Waals surface area contributed by atoms with Gasteiger partial charge in [-0.2, -0.15) is 0 Å². The van der Waals surface area contributed by atoms with Crippen molar-refractivity contribution >= 4 is 0 Å². The van der Waals surface area contributed by atoms with Gasteiger partial charge in [0.2, 0.25) is 0 Å². The Kier molecular flexibility index (Phi) is 8.46. The molecule has 1 fully saturated rings. The molecular weight excluding hydrogens is 180 g/mol. The summed E-state index contributed by atoms with van der Waals surface area (Å²) < 4.78 is 0. The molecule has 88 valence electrons. The number of hydrogen-bond acceptors (Lipinski definition) is 0. The third kappa shape index (κ3) is 7.41. The van der Waals surface area contributed by atoms with Gasteiger partial charge in [-0.05, 0) is 56.6 Å². The molecule has 0 amide bonds. The molecule has 1 rings (SSSR count). The largest absolute Gasteiger partial charge is 0.0842 e. The van der Waals surface area contributed by atoms with Gasteiger partial charge in [0, 0.05) is 0 Å². The molecule has 0 heterocycles. The molecule has 0 radical (unpaired) electrons. The predicted octanol–water partition coefficient (Wildman–Crippen LogP) is 5.51. The van der Waals surface area contributed by atoms with Crippen molar-refractivity contribution in [3.8, 4) is 0 Å². The van der Waals surface area contributed by atoms with E-state index in [-0.39, 0.29) is 0 Å². The van der Waals surface area contributed by atoms with Gasteiger partial charge < -0.3 is 0 Å². The summed E-state index contributed by atoms with van der Waals surface area (Å²) in [7, 11) is 0. The molecule has 0 aromatic heterocycles. The van der Waals surface area contributed by atoms with Crippen molar-refractivity contribution in [1.29, 1.82) is 0 Å². The molecule has 0 bridgehead atoms. The van der Waals surface area contributed by atoms with Gasteiger partial charge in [0.05, 0.1) is 0 Å². The Morgan fingerprint density at radius 2 is 1.13 bits per heavy atom. The van der Waals surface area contributed by atoms with Crippen molar-refractivity contribution in [3.63, 3.8) is 0 Å². The summed E-state index contributed by atoms with van der Waals surface area (Å²) in [5, 5.41) is 0. The van der Waals surface area contributed by atoms with Crippen LogP contribution in [-0.4, -0.2) is 0 Å². The Balaban J connectivity index is 0.000000423. The van der Waals surface area contributed by atoms with E-state index in [1.807, 2.05) is 0 Å². The minimum absolute atomic E-state index is 0.833. The van der Waals surface area contributed by atoms with Gasteiger partial charge in [-0.25, -0.2) is 0 Å². The fourth-order valence-corrected chi connectivity index (χ4v) is 1.79. The lowest BCUT2D eigenvalue weighted by Gasteiger charge is -2.05. The summed E-state index contributed by atoms with van der Waals surface area (Å²) in [4.78, 5) is 0. The Morgan fingerprint density at radius 1 is 0.800 bits per heavy atom. The summed E-state index contributed by atoms with van der Waals surface area (Å²) in [6.45, 7) is 10.8. The van der Waals surface area contributed by atoms with Gasteiger partial charge in [-0.1, -0.05) is 39.3 Å². The van der Waals surface area contributed by atoms with Crippen LogP contribution < -0.4 is 0 Å². The second-order valence-electron chi connectivity index (χ2n) is 4.92. The van der Waals surface area contributed by atoms with Crippen LogP contribution in [0.25, 0.3) is 0 Å². The highest BCUT2D eigenvalue weighted by Crippen LogP contribution is 2.26. The minimum Gasteiger partial charge on any atom is -0.0842 e. The Hall–Kier alpha value is -0.520. The van der Waals surface area contributed by atoms with Crippen LogP contribution in [0, 0.1) is 5.92 Å². The molecule has 0 spiro atoms. The van der Waals surface area contributed by atoms with Crippen LogP contribution >= 0.6 is 0 Å². The number of hydrogen-bond donors (Lipinski definition) is 0. The van der Waals surface area contributed by atoms with E-state index in [2.05, 4.69) is 46.8 Å². The normalized spacial score (nSPS) is 22.5. The molecule has 0 aromatic rings. The Labute approximate surface area is 96.5 Å². The second-order valence-corrected chi connectivity index (χ2v) is 4.92. The van der Waals surface area contributed by atoms with Gasteiger partial charge >= 0.3 is 0 Å². The summed E-state index contributed by atoms with van der Waals surface area (Å²) in [6, 6.07) is 0. The molecule has 1 aliphatic rings. The fraction of sp³-hybridized carbons (Fsp3) is 0.733. The first-order valence-corrected chi connectivity index (χ1v) is 6.42. The van der Waals surface area contributed by atoms with Gasteiger partial charge in [-0.15, -0.1) is 0 Å². The van der Waals surface area contributed by atoms with E-state index in [0.717, 1.165) is 5.92 Å². The van der Waals surface area contributed by atoms with E-state index < -0.39 is 0 Å². The maximum absolute atomic E-state index is 2.28. The summed E-state index contributed by atoms with van der Waals surface area (Å²) >= 11 is 0. The lowest BCUT2D eigenvalue weighted by molar-refractivity contribution is 0.719. The highest BCUT2D eigenvalue weighted by Gasteiger charge is 2.07. The van der Waals surface area contributed by atoms with Gasteiger partial charge in [0.15, 0.2) is 0 Å². The van der Waals surface area contributed by atoms with Gasteiger partial charge in [0.1, 0.15) is 0 Å². The molecule has 0 aliphatic heterocycles. The summed E-state index contributed by atoms with van der Waals surface area (Å²) in [5.74, 6) is 0.833. The lowest BCUT2D eigenvalue weighted by atomic mass is 10.0. The zero-order valence-electron chi connectivity index (χ0n) is 11.3. The number of allylic oxidation sites excluding steroid dienone is 4. The van der Waals surface area contributed by atoms with Crippen molar-refractivity contribution in [2.24, 2.45) is 5.92 Å². The first-order chi connectivity index (χ1) is 7.11. The highest BCUT2D eigenvalue weighted by atomic mass is 14.1. The molecule has 1 saturated carbocycles. The molecule has 0 saturated heterocycles. The van der Waals surface area contributed by atoms with Gasteiger partial charge in [-0.3, -0.25) is 0 Å². The fourth-order valence-electron chi connectivity index (χ4n) is 1.79. The van der Waals surface area contributed by atoms with Crippen molar-refractivity contribution in [3.05, 3.63) is 23.3 Å². The van der Waals surface area contributed by atoms with Crippen molar-refractivity contribution in [2.75, 3.05) is 0 Å². The summed E-state index contributed by atoms with van der Waals surface area (Å²) in [6.07, 6.45) is 11.3. The monoisotopic (exact) mass is 208 g/mol. The Morgan fingerprint density at radius 3 is 1.40 bits per heavy atom. The first kappa shape index (κ1) is 14.5. The van der Waals surface area contributed by atoms with Crippen LogP contribution in [0.3, 0.4) is 0 Å². The standard InChI is InChI=1S/C11H18.C4H10/c1-3-10-8-6-5-7-9-11(10)4-2;1-4(2)3/h3-4H,5-9H2,1-2H3;4H,1-3H3/b10-3-,11-4-;. The molecule has 0 heteroatoms. The Bertz CT molecular complexity index is 183. The maximum Gasteiger partial charge on any atom is -0.0280 e. The SMILES string of the molecule is C/C=C1/CCCCC/C1=C/C.CC(C)C. The summed E-state index contributed by atoms with van der Waals surface area (Å²) in [5.41, 5.74) is 3.18. The van der Waals surface area contributed by atoms with E-state index in [0.29, 0.717) is 0 Å². The lowest BCUT2D eigenvalue weighted by Crippen LogP contribution is -1.85. The molecule has 0 N–H and O–H groups in total. The highest BCUT2D eigenvalue weighted by molar-refractivity contribution is 5.30. The first-order valence-electron chi connectivity index (χ1n) is 6.42. The van der Waals surface area contributed by atoms with Crippen molar-refractivity contribution in [1.82, 2.24) is 0 Å². The van der Waals surface area contributed by atoms with E-state index in [9.17, 15) is 0 Å². The minimum atomic E-state index is 0.833. The van der Waals surface area contributed by atoms with Gasteiger partial charge in [0.25, 0.3) is 0 Å². The third-order valence-electron chi connectivity index (χ3n) is 2.50. The van der Waals surface area contributed by atoms with E-state index in [4.69, 9.17) is 0 Å². The topological polar surface area (TPSA) is 0 Å². The predicted molar refractivity (Wildman–Crippen MR) is 71.1 cm³/mol. The van der Waals surface area contributed by atoms with Crippen LogP contribution in [-0.2, 0) is 0 Å². The molecule has 0 atom stereocenters. The average molecular weight is 208 g/mol. The third-order valence-corrected chi connectivity index (χ3v) is 2.50. The van der Waals surface area contributed by atoms with Crippen LogP contribution in [0.4, 0.5) is 0 Å². The average Bonchev–Trinajstić information content (AvgIpc) is 2.40. The van der Waals surface area contributed by atoms with Crippen LogP contribution in [0.1, 0.15) is 66.7 Å². The van der Waals surface area contributed by atoms with Crippen molar-refractivity contribution < 1.29 is 0 Å². The molecule has 1 aliphatic carbocycles. The van der Waals surface area contributed by atoms with E-state index >= 15 is 0 Å². The quantitative estimate of drug-likeness (QED) is 0.461. The molecule has 0 aromatic carbocycles. The molecule has 15 heavy (non-hydrogen) atoms. The smallest absolute Gasteiger partial charge is 0.0280 e. The van der Waals surface area contributed by atoms with Crippen LogP contribution in [0.2, 0.25) is 0 Å². The molecule has 0 unspecified atom stereocenters. The maximum atomic E-state index is 2.28. The second kappa shape index (κ2) is 8.76. The molecule has 0 nitrogen and oxygen atoms in total. The van der Waals surface area contributed by atoms with E-state index in [1.165, 1.54) is 32.1 Å². The van der Waals surface area contributed by atoms with Crippen molar-refractivity contribution in [2.45, 2.75) is 66.7 Å². The zero-order valence-corrected chi connectivity index (χ0v) is 11.3. The van der Waals surface area contributed by atoms with E-state index in [1.54, 1.807) is 11.1 Å².